The lowest BCUT2D eigenvalue weighted by molar-refractivity contribution is 0.0733. The van der Waals surface area contributed by atoms with Crippen LogP contribution >= 0.6 is 0 Å². The average molecular weight is 383 g/mol. The Morgan fingerprint density at radius 3 is 2.86 bits per heavy atom. The molecule has 29 heavy (non-hydrogen) atoms. The van der Waals surface area contributed by atoms with Crippen molar-refractivity contribution in [2.45, 2.75) is 13.0 Å². The van der Waals surface area contributed by atoms with E-state index in [2.05, 4.69) is 19.9 Å². The highest BCUT2D eigenvalue weighted by atomic mass is 16.2. The number of fused-ring (bicyclic) bond motifs is 2. The first-order valence-electron chi connectivity index (χ1n) is 9.36. The lowest BCUT2D eigenvalue weighted by atomic mass is 10.0. The number of nitrogens with one attached hydrogen (secondary N) is 1. The molecule has 1 aromatic carbocycles. The Morgan fingerprint density at radius 2 is 2.00 bits per heavy atom. The van der Waals surface area contributed by atoms with Crippen molar-refractivity contribution in [1.29, 1.82) is 0 Å². The van der Waals surface area contributed by atoms with Crippen LogP contribution in [0.5, 0.6) is 0 Å². The molecule has 4 heterocycles. The zero-order valence-electron chi connectivity index (χ0n) is 15.5. The number of aromatic amines is 1. The summed E-state index contributed by atoms with van der Waals surface area (Å²) in [5, 5.41) is 1.79. The molecule has 1 N–H and O–H groups in total. The molecular formula is C22H17N5O2. The summed E-state index contributed by atoms with van der Waals surface area (Å²) in [4.78, 5) is 43.3. The molecule has 0 spiro atoms. The van der Waals surface area contributed by atoms with Crippen LogP contribution < -0.4 is 5.56 Å². The molecule has 3 aromatic heterocycles. The summed E-state index contributed by atoms with van der Waals surface area (Å²) in [5.74, 6) is 0.341. The number of benzene rings is 1. The zero-order chi connectivity index (χ0) is 19.8. The van der Waals surface area contributed by atoms with E-state index in [9.17, 15) is 9.59 Å². The predicted octanol–water partition coefficient (Wildman–Crippen LogP) is 2.58. The van der Waals surface area contributed by atoms with Gasteiger partial charge in [-0.25, -0.2) is 4.98 Å². The van der Waals surface area contributed by atoms with Crippen LogP contribution in [0.4, 0.5) is 0 Å². The summed E-state index contributed by atoms with van der Waals surface area (Å²) in [6, 6.07) is 12.9. The number of hydrogen-bond donors (Lipinski definition) is 1. The molecule has 1 aliphatic rings. The van der Waals surface area contributed by atoms with Crippen molar-refractivity contribution in [3.05, 3.63) is 88.2 Å². The van der Waals surface area contributed by atoms with Crippen molar-refractivity contribution in [2.75, 3.05) is 6.54 Å². The second-order valence-corrected chi connectivity index (χ2v) is 6.93. The van der Waals surface area contributed by atoms with Crippen molar-refractivity contribution in [3.63, 3.8) is 0 Å². The molecule has 0 atom stereocenters. The Balaban J connectivity index is 1.51. The van der Waals surface area contributed by atoms with Gasteiger partial charge in [-0.2, -0.15) is 0 Å². The average Bonchev–Trinajstić information content (AvgIpc) is 2.78. The minimum Gasteiger partial charge on any atom is -0.332 e. The maximum atomic E-state index is 13.2. The first kappa shape index (κ1) is 17.2. The fraction of sp³-hybridized carbons (Fsp3) is 0.136. The number of aromatic nitrogens is 4. The molecule has 4 aromatic rings. The number of H-pyrrole nitrogens is 1. The van der Waals surface area contributed by atoms with E-state index in [0.29, 0.717) is 47.8 Å². The summed E-state index contributed by atoms with van der Waals surface area (Å²) < 4.78 is 0. The first-order chi connectivity index (χ1) is 14.2. The topological polar surface area (TPSA) is 91.8 Å². The number of carbonyl (C=O) groups excluding carboxylic acids is 1. The highest BCUT2D eigenvalue weighted by Crippen LogP contribution is 2.23. The van der Waals surface area contributed by atoms with Gasteiger partial charge in [0.2, 0.25) is 0 Å². The van der Waals surface area contributed by atoms with Crippen molar-refractivity contribution >= 4 is 16.7 Å². The number of carbonyl (C=O) groups is 1. The second-order valence-electron chi connectivity index (χ2n) is 6.93. The van der Waals surface area contributed by atoms with E-state index < -0.39 is 0 Å². The largest absolute Gasteiger partial charge is 0.332 e. The van der Waals surface area contributed by atoms with Crippen LogP contribution in [0.3, 0.4) is 0 Å². The Kier molecular flexibility index (Phi) is 4.13. The molecule has 0 fully saturated rings. The number of pyridine rings is 2. The van der Waals surface area contributed by atoms with Gasteiger partial charge in [0.15, 0.2) is 5.82 Å². The van der Waals surface area contributed by atoms with Gasteiger partial charge in [0.25, 0.3) is 11.5 Å². The highest BCUT2D eigenvalue weighted by molar-refractivity contribution is 6.06. The SMILES string of the molecule is O=C(c1cccc2cnccc12)N1CCc2c(nc(-c3ccccn3)[nH]c2=O)C1. The van der Waals surface area contributed by atoms with E-state index in [1.807, 2.05) is 30.3 Å². The molecule has 0 unspecified atom stereocenters. The summed E-state index contributed by atoms with van der Waals surface area (Å²) in [6.45, 7) is 0.764. The van der Waals surface area contributed by atoms with Crippen molar-refractivity contribution < 1.29 is 4.79 Å². The standard InChI is InChI=1S/C22H17N5O2/c28-21-17-8-11-27(13-19(17)25-20(26-21)18-6-1-2-9-24-18)22(29)16-5-3-4-14-12-23-10-7-15(14)16/h1-7,9-10,12H,8,11,13H2,(H,25,26,28). The Bertz CT molecular complexity index is 1280. The third-order valence-corrected chi connectivity index (χ3v) is 5.18. The fourth-order valence-electron chi connectivity index (χ4n) is 3.72. The van der Waals surface area contributed by atoms with Crippen LogP contribution in [0.15, 0.2) is 65.8 Å². The smallest absolute Gasteiger partial charge is 0.254 e. The number of rotatable bonds is 2. The van der Waals surface area contributed by atoms with Gasteiger partial charge < -0.3 is 9.88 Å². The first-order valence-corrected chi connectivity index (χ1v) is 9.36. The van der Waals surface area contributed by atoms with Gasteiger partial charge in [-0.1, -0.05) is 18.2 Å². The predicted molar refractivity (Wildman–Crippen MR) is 108 cm³/mol. The molecule has 0 saturated heterocycles. The van der Waals surface area contributed by atoms with Crippen LogP contribution in [0.25, 0.3) is 22.3 Å². The van der Waals surface area contributed by atoms with Gasteiger partial charge in [0, 0.05) is 41.6 Å². The maximum Gasteiger partial charge on any atom is 0.254 e. The van der Waals surface area contributed by atoms with Crippen LogP contribution in [0.2, 0.25) is 0 Å². The molecule has 7 nitrogen and oxygen atoms in total. The summed E-state index contributed by atoms with van der Waals surface area (Å²) in [5.41, 5.74) is 2.31. The number of hydrogen-bond acceptors (Lipinski definition) is 5. The Hall–Kier alpha value is -3.87. The third-order valence-electron chi connectivity index (χ3n) is 5.18. The Morgan fingerprint density at radius 1 is 1.07 bits per heavy atom. The van der Waals surface area contributed by atoms with E-state index >= 15 is 0 Å². The molecule has 0 radical (unpaired) electrons. The molecule has 5 rings (SSSR count). The maximum absolute atomic E-state index is 13.2. The van der Waals surface area contributed by atoms with E-state index in [4.69, 9.17) is 0 Å². The lowest BCUT2D eigenvalue weighted by Crippen LogP contribution is -2.39. The molecule has 0 aliphatic carbocycles. The molecule has 7 heteroatoms. The number of amides is 1. The van der Waals surface area contributed by atoms with Gasteiger partial charge in [-0.3, -0.25) is 19.6 Å². The molecule has 0 saturated carbocycles. The monoisotopic (exact) mass is 383 g/mol. The lowest BCUT2D eigenvalue weighted by Gasteiger charge is -2.28. The third kappa shape index (κ3) is 3.06. The summed E-state index contributed by atoms with van der Waals surface area (Å²) in [6.07, 6.45) is 5.56. The molecule has 1 aliphatic heterocycles. The summed E-state index contributed by atoms with van der Waals surface area (Å²) in [7, 11) is 0. The van der Waals surface area contributed by atoms with Crippen molar-refractivity contribution in [2.24, 2.45) is 0 Å². The van der Waals surface area contributed by atoms with E-state index in [0.717, 1.165) is 10.8 Å². The van der Waals surface area contributed by atoms with Crippen molar-refractivity contribution in [1.82, 2.24) is 24.8 Å². The highest BCUT2D eigenvalue weighted by Gasteiger charge is 2.26. The quantitative estimate of drug-likeness (QED) is 0.574. The van der Waals surface area contributed by atoms with Crippen LogP contribution in [-0.2, 0) is 13.0 Å². The normalized spacial score (nSPS) is 13.3. The van der Waals surface area contributed by atoms with Gasteiger partial charge in [0.05, 0.1) is 12.2 Å². The van der Waals surface area contributed by atoms with Crippen molar-refractivity contribution in [3.8, 4) is 11.5 Å². The zero-order valence-corrected chi connectivity index (χ0v) is 15.5. The Labute approximate surface area is 166 Å². The van der Waals surface area contributed by atoms with Gasteiger partial charge >= 0.3 is 0 Å². The molecule has 0 bridgehead atoms. The van der Waals surface area contributed by atoms with Gasteiger partial charge in [-0.15, -0.1) is 0 Å². The molecular weight excluding hydrogens is 366 g/mol. The fourth-order valence-corrected chi connectivity index (χ4v) is 3.72. The van der Waals surface area contributed by atoms with E-state index in [1.54, 1.807) is 35.6 Å². The van der Waals surface area contributed by atoms with E-state index in [-0.39, 0.29) is 11.5 Å². The van der Waals surface area contributed by atoms with Gasteiger partial charge in [0.1, 0.15) is 5.69 Å². The summed E-state index contributed by atoms with van der Waals surface area (Å²) >= 11 is 0. The van der Waals surface area contributed by atoms with Crippen LogP contribution in [-0.4, -0.2) is 37.3 Å². The molecule has 142 valence electrons. The van der Waals surface area contributed by atoms with Crippen LogP contribution in [0.1, 0.15) is 21.6 Å². The minimum atomic E-state index is -0.168. The molecule has 1 amide bonds. The minimum absolute atomic E-state index is 0.0751. The second kappa shape index (κ2) is 6.94. The van der Waals surface area contributed by atoms with E-state index in [1.165, 1.54) is 0 Å². The van der Waals surface area contributed by atoms with Gasteiger partial charge in [-0.05, 0) is 36.1 Å². The van der Waals surface area contributed by atoms with Crippen LogP contribution in [0, 0.1) is 0 Å². The number of nitrogens with zero attached hydrogens (tertiary/aromatic N) is 4.